The number of nitrogens with one attached hydrogen (secondary N) is 1. The SMILES string of the molecule is CNCC(=O)N(C)C(C)C. The summed E-state index contributed by atoms with van der Waals surface area (Å²) in [5.41, 5.74) is 0. The molecule has 1 N–H and O–H groups in total. The molecule has 0 saturated carbocycles. The molecule has 3 heteroatoms. The largest absolute Gasteiger partial charge is 0.342 e. The highest BCUT2D eigenvalue weighted by atomic mass is 16.2. The Balaban J connectivity index is 3.71. The number of carbonyl (C=O) groups is 1. The number of likely N-dealkylation sites (N-methyl/N-ethyl adjacent to an activating group) is 2. The fourth-order valence-corrected chi connectivity index (χ4v) is 0.564. The first kappa shape index (κ1) is 9.43. The van der Waals surface area contributed by atoms with Crippen LogP contribution >= 0.6 is 0 Å². The molecule has 10 heavy (non-hydrogen) atoms. The van der Waals surface area contributed by atoms with Crippen LogP contribution in [0.15, 0.2) is 0 Å². The molecule has 0 bridgehead atoms. The van der Waals surface area contributed by atoms with Gasteiger partial charge in [0.25, 0.3) is 0 Å². The Bertz CT molecular complexity index is 112. The van der Waals surface area contributed by atoms with Crippen molar-refractivity contribution in [3.63, 3.8) is 0 Å². The second-order valence-electron chi connectivity index (χ2n) is 2.63. The van der Waals surface area contributed by atoms with Gasteiger partial charge in [-0.05, 0) is 20.9 Å². The maximum Gasteiger partial charge on any atom is 0.236 e. The fraction of sp³-hybridized carbons (Fsp3) is 0.857. The van der Waals surface area contributed by atoms with Crippen LogP contribution in [0.25, 0.3) is 0 Å². The fourth-order valence-electron chi connectivity index (χ4n) is 0.564. The standard InChI is InChI=1S/C7H16N2O/c1-6(2)9(4)7(10)5-8-3/h6,8H,5H2,1-4H3. The van der Waals surface area contributed by atoms with Crippen molar-refractivity contribution < 1.29 is 4.79 Å². The molecule has 0 aromatic rings. The summed E-state index contributed by atoms with van der Waals surface area (Å²) in [4.78, 5) is 12.8. The number of nitrogens with zero attached hydrogens (tertiary/aromatic N) is 1. The van der Waals surface area contributed by atoms with Crippen molar-refractivity contribution in [3.05, 3.63) is 0 Å². The zero-order valence-corrected chi connectivity index (χ0v) is 7.14. The van der Waals surface area contributed by atoms with E-state index in [0.29, 0.717) is 12.6 Å². The van der Waals surface area contributed by atoms with Gasteiger partial charge in [0.15, 0.2) is 0 Å². The van der Waals surface area contributed by atoms with Crippen LogP contribution < -0.4 is 5.32 Å². The van der Waals surface area contributed by atoms with Gasteiger partial charge in [0.2, 0.25) is 5.91 Å². The van der Waals surface area contributed by atoms with Gasteiger partial charge in [-0.2, -0.15) is 0 Å². The molecule has 0 saturated heterocycles. The highest BCUT2D eigenvalue weighted by Crippen LogP contribution is 1.92. The lowest BCUT2D eigenvalue weighted by molar-refractivity contribution is -0.130. The predicted molar refractivity (Wildman–Crippen MR) is 41.8 cm³/mol. The summed E-state index contributed by atoms with van der Waals surface area (Å²) in [5.74, 6) is 0.137. The van der Waals surface area contributed by atoms with Gasteiger partial charge >= 0.3 is 0 Å². The summed E-state index contributed by atoms with van der Waals surface area (Å²) in [6.07, 6.45) is 0. The van der Waals surface area contributed by atoms with E-state index in [2.05, 4.69) is 5.32 Å². The zero-order chi connectivity index (χ0) is 8.15. The smallest absolute Gasteiger partial charge is 0.236 e. The lowest BCUT2D eigenvalue weighted by atomic mass is 10.3. The van der Waals surface area contributed by atoms with E-state index >= 15 is 0 Å². The molecule has 1 amide bonds. The van der Waals surface area contributed by atoms with E-state index in [-0.39, 0.29) is 5.91 Å². The van der Waals surface area contributed by atoms with Gasteiger partial charge < -0.3 is 10.2 Å². The number of carbonyl (C=O) groups excluding carboxylic acids is 1. The first-order chi connectivity index (χ1) is 4.59. The molecular formula is C7H16N2O. The highest BCUT2D eigenvalue weighted by Gasteiger charge is 2.09. The normalized spacial score (nSPS) is 10.1. The quantitative estimate of drug-likeness (QED) is 0.608. The first-order valence-electron chi connectivity index (χ1n) is 3.49. The molecule has 0 aromatic carbocycles. The average molecular weight is 144 g/mol. The van der Waals surface area contributed by atoms with Crippen LogP contribution in [0, 0.1) is 0 Å². The number of rotatable bonds is 3. The minimum absolute atomic E-state index is 0.137. The summed E-state index contributed by atoms with van der Waals surface area (Å²) >= 11 is 0. The second kappa shape index (κ2) is 4.28. The van der Waals surface area contributed by atoms with Crippen molar-refractivity contribution in [2.24, 2.45) is 0 Å². The summed E-state index contributed by atoms with van der Waals surface area (Å²) in [6, 6.07) is 0.292. The van der Waals surface area contributed by atoms with Crippen molar-refractivity contribution in [1.82, 2.24) is 10.2 Å². The van der Waals surface area contributed by atoms with Gasteiger partial charge in [-0.15, -0.1) is 0 Å². The average Bonchev–Trinajstić information content (AvgIpc) is 1.87. The van der Waals surface area contributed by atoms with Gasteiger partial charge in [-0.25, -0.2) is 0 Å². The lowest BCUT2D eigenvalue weighted by Crippen LogP contribution is -2.38. The molecule has 0 radical (unpaired) electrons. The van der Waals surface area contributed by atoms with E-state index < -0.39 is 0 Å². The van der Waals surface area contributed by atoms with Crippen LogP contribution in [0.3, 0.4) is 0 Å². The molecule has 0 aliphatic rings. The van der Waals surface area contributed by atoms with Gasteiger partial charge in [-0.3, -0.25) is 4.79 Å². The number of hydrogen-bond acceptors (Lipinski definition) is 2. The molecule has 0 aliphatic heterocycles. The third-order valence-electron chi connectivity index (χ3n) is 1.50. The summed E-state index contributed by atoms with van der Waals surface area (Å²) in [6.45, 7) is 4.41. The Morgan fingerprint density at radius 1 is 1.60 bits per heavy atom. The molecular weight excluding hydrogens is 128 g/mol. The minimum atomic E-state index is 0.137. The van der Waals surface area contributed by atoms with Gasteiger partial charge in [0.1, 0.15) is 0 Å². The van der Waals surface area contributed by atoms with E-state index in [4.69, 9.17) is 0 Å². The second-order valence-corrected chi connectivity index (χ2v) is 2.63. The van der Waals surface area contributed by atoms with Crippen molar-refractivity contribution in [2.75, 3.05) is 20.6 Å². The Labute approximate surface area is 62.4 Å². The van der Waals surface area contributed by atoms with E-state index in [1.807, 2.05) is 20.9 Å². The van der Waals surface area contributed by atoms with Gasteiger partial charge in [0.05, 0.1) is 6.54 Å². The molecule has 0 atom stereocenters. The third-order valence-corrected chi connectivity index (χ3v) is 1.50. The summed E-state index contributed by atoms with van der Waals surface area (Å²) in [7, 11) is 3.58. The molecule has 0 aromatic heterocycles. The van der Waals surface area contributed by atoms with Gasteiger partial charge in [-0.1, -0.05) is 0 Å². The molecule has 0 heterocycles. The van der Waals surface area contributed by atoms with E-state index in [1.165, 1.54) is 0 Å². The van der Waals surface area contributed by atoms with Crippen molar-refractivity contribution in [2.45, 2.75) is 19.9 Å². The topological polar surface area (TPSA) is 32.3 Å². The van der Waals surface area contributed by atoms with Crippen LogP contribution in [0.4, 0.5) is 0 Å². The van der Waals surface area contributed by atoms with Crippen LogP contribution in [-0.4, -0.2) is 37.5 Å². The third kappa shape index (κ3) is 2.82. The van der Waals surface area contributed by atoms with Crippen LogP contribution in [0.5, 0.6) is 0 Å². The molecule has 0 spiro atoms. The molecule has 0 fully saturated rings. The monoisotopic (exact) mass is 144 g/mol. The maximum absolute atomic E-state index is 11.0. The molecule has 60 valence electrons. The van der Waals surface area contributed by atoms with Crippen LogP contribution in [0.2, 0.25) is 0 Å². The minimum Gasteiger partial charge on any atom is -0.342 e. The van der Waals surface area contributed by atoms with E-state index in [0.717, 1.165) is 0 Å². The molecule has 0 unspecified atom stereocenters. The van der Waals surface area contributed by atoms with Crippen LogP contribution in [-0.2, 0) is 4.79 Å². The van der Waals surface area contributed by atoms with Crippen molar-refractivity contribution in [3.8, 4) is 0 Å². The maximum atomic E-state index is 11.0. The molecule has 3 nitrogen and oxygen atoms in total. The summed E-state index contributed by atoms with van der Waals surface area (Å²) < 4.78 is 0. The molecule has 0 aliphatic carbocycles. The number of amides is 1. The van der Waals surface area contributed by atoms with Crippen LogP contribution in [0.1, 0.15) is 13.8 Å². The van der Waals surface area contributed by atoms with Gasteiger partial charge in [0, 0.05) is 13.1 Å². The lowest BCUT2D eigenvalue weighted by Gasteiger charge is -2.20. The first-order valence-corrected chi connectivity index (χ1v) is 3.49. The molecule has 0 rings (SSSR count). The Morgan fingerprint density at radius 3 is 2.40 bits per heavy atom. The predicted octanol–water partition coefficient (Wildman–Crippen LogP) is 0.0726. The van der Waals surface area contributed by atoms with E-state index in [9.17, 15) is 4.79 Å². The zero-order valence-electron chi connectivity index (χ0n) is 7.14. The Hall–Kier alpha value is -0.570. The number of hydrogen-bond donors (Lipinski definition) is 1. The Morgan fingerprint density at radius 2 is 2.10 bits per heavy atom. The van der Waals surface area contributed by atoms with E-state index in [1.54, 1.807) is 11.9 Å². The Kier molecular flexibility index (Phi) is 4.03. The van der Waals surface area contributed by atoms with Crippen molar-refractivity contribution >= 4 is 5.91 Å². The van der Waals surface area contributed by atoms with Crippen molar-refractivity contribution in [1.29, 1.82) is 0 Å². The highest BCUT2D eigenvalue weighted by molar-refractivity contribution is 5.78. The summed E-state index contributed by atoms with van der Waals surface area (Å²) in [5, 5.41) is 2.81.